The smallest absolute Gasteiger partial charge is 0.336 e. The number of nitrogens with one attached hydrogen (secondary N) is 1. The van der Waals surface area contributed by atoms with E-state index in [9.17, 15) is 19.7 Å². The zero-order valence-electron chi connectivity index (χ0n) is 19.3. The minimum absolute atomic E-state index is 0.0349. The first-order valence-corrected chi connectivity index (χ1v) is 11.1. The van der Waals surface area contributed by atoms with E-state index in [1.165, 1.54) is 12.1 Å². The molecule has 1 aliphatic carbocycles. The third-order valence-corrected chi connectivity index (χ3v) is 6.32. The van der Waals surface area contributed by atoms with Crippen molar-refractivity contribution in [3.63, 3.8) is 0 Å². The third-order valence-electron chi connectivity index (χ3n) is 6.32. The Balaban J connectivity index is 1.79. The Labute approximate surface area is 197 Å². The van der Waals surface area contributed by atoms with Crippen LogP contribution >= 0.6 is 0 Å². The summed E-state index contributed by atoms with van der Waals surface area (Å²) in [5, 5.41) is 14.7. The molecule has 0 fully saturated rings. The van der Waals surface area contributed by atoms with Crippen molar-refractivity contribution in [1.82, 2.24) is 5.32 Å². The number of Topliss-reactive ketones (excluding diaryl/α,β-unsaturated/α-hetero) is 1. The largest absolute Gasteiger partial charge is 0.497 e. The second kappa shape index (κ2) is 9.51. The fraction of sp³-hybridized carbons (Fsp3) is 0.308. The van der Waals surface area contributed by atoms with Crippen molar-refractivity contribution in [2.75, 3.05) is 13.7 Å². The molecule has 0 amide bonds. The Morgan fingerprint density at radius 1 is 1.15 bits per heavy atom. The molecule has 0 bridgehead atoms. The highest BCUT2D eigenvalue weighted by atomic mass is 16.6. The predicted molar refractivity (Wildman–Crippen MR) is 125 cm³/mol. The molecule has 2 aromatic rings. The van der Waals surface area contributed by atoms with Gasteiger partial charge in [0.15, 0.2) is 5.78 Å². The zero-order valence-corrected chi connectivity index (χ0v) is 19.3. The van der Waals surface area contributed by atoms with Crippen molar-refractivity contribution in [1.29, 1.82) is 0 Å². The maximum absolute atomic E-state index is 13.5. The lowest BCUT2D eigenvalue weighted by molar-refractivity contribution is -0.384. The number of esters is 1. The molecule has 1 heterocycles. The van der Waals surface area contributed by atoms with Crippen molar-refractivity contribution in [3.8, 4) is 5.75 Å². The minimum atomic E-state index is -0.737. The van der Waals surface area contributed by atoms with Gasteiger partial charge in [-0.15, -0.1) is 0 Å². The van der Waals surface area contributed by atoms with Crippen molar-refractivity contribution in [2.24, 2.45) is 0 Å². The van der Waals surface area contributed by atoms with E-state index < -0.39 is 16.8 Å². The van der Waals surface area contributed by atoms with Crippen LogP contribution in [-0.4, -0.2) is 30.4 Å². The summed E-state index contributed by atoms with van der Waals surface area (Å²) in [6, 6.07) is 13.7. The maximum Gasteiger partial charge on any atom is 0.336 e. The summed E-state index contributed by atoms with van der Waals surface area (Å²) in [5.41, 5.74) is 3.53. The molecule has 0 saturated carbocycles. The first kappa shape index (κ1) is 23.2. The number of carbonyl (C=O) groups is 2. The Morgan fingerprint density at radius 2 is 1.88 bits per heavy atom. The van der Waals surface area contributed by atoms with Gasteiger partial charge in [0.25, 0.3) is 5.69 Å². The first-order valence-electron chi connectivity index (χ1n) is 11.1. The lowest BCUT2D eigenvalue weighted by Gasteiger charge is -2.36. The maximum atomic E-state index is 13.5. The van der Waals surface area contributed by atoms with Gasteiger partial charge >= 0.3 is 5.97 Å². The average Bonchev–Trinajstić information content (AvgIpc) is 2.83. The molecular formula is C26H26N2O6. The quantitative estimate of drug-likeness (QED) is 0.382. The number of non-ortho nitro benzene ring substituents is 1. The van der Waals surface area contributed by atoms with E-state index in [1.807, 2.05) is 24.3 Å². The van der Waals surface area contributed by atoms with Crippen LogP contribution in [-0.2, 0) is 14.3 Å². The predicted octanol–water partition coefficient (Wildman–Crippen LogP) is 4.53. The number of methoxy groups -OCH3 is 1. The number of nitro groups is 1. The molecule has 2 aromatic carbocycles. The Kier molecular flexibility index (Phi) is 6.49. The Bertz CT molecular complexity index is 1210. The van der Waals surface area contributed by atoms with Crippen LogP contribution in [0.2, 0.25) is 0 Å². The van der Waals surface area contributed by atoms with Gasteiger partial charge in [0.05, 0.1) is 24.2 Å². The number of dihydropyridines is 1. The number of allylic oxidation sites excluding steroid dienone is 3. The number of nitrogens with zero attached hydrogens (tertiary/aromatic N) is 1. The molecule has 0 spiro atoms. The van der Waals surface area contributed by atoms with Crippen LogP contribution in [0.5, 0.6) is 5.75 Å². The molecule has 4 rings (SSSR count). The first-order chi connectivity index (χ1) is 16.3. The summed E-state index contributed by atoms with van der Waals surface area (Å²) in [4.78, 5) is 37.4. The van der Waals surface area contributed by atoms with Crippen LogP contribution in [0.3, 0.4) is 0 Å². The van der Waals surface area contributed by atoms with Crippen LogP contribution < -0.4 is 10.1 Å². The van der Waals surface area contributed by atoms with Crippen molar-refractivity contribution in [3.05, 3.63) is 92.3 Å². The number of hydrogen-bond donors (Lipinski definition) is 1. The molecule has 0 saturated heterocycles. The average molecular weight is 463 g/mol. The van der Waals surface area contributed by atoms with Gasteiger partial charge < -0.3 is 14.8 Å². The molecule has 8 nitrogen and oxygen atoms in total. The molecule has 176 valence electrons. The van der Waals surface area contributed by atoms with E-state index in [0.29, 0.717) is 28.8 Å². The number of benzene rings is 2. The number of nitro benzene ring substituents is 1. The van der Waals surface area contributed by atoms with Gasteiger partial charge in [-0.25, -0.2) is 4.79 Å². The molecular weight excluding hydrogens is 436 g/mol. The van der Waals surface area contributed by atoms with E-state index in [4.69, 9.17) is 9.47 Å². The third kappa shape index (κ3) is 4.31. The van der Waals surface area contributed by atoms with Gasteiger partial charge in [0, 0.05) is 41.4 Å². The molecule has 0 radical (unpaired) electrons. The second-order valence-corrected chi connectivity index (χ2v) is 8.36. The monoisotopic (exact) mass is 462 g/mol. The molecule has 1 aliphatic heterocycles. The summed E-state index contributed by atoms with van der Waals surface area (Å²) in [5.74, 6) is -0.668. The van der Waals surface area contributed by atoms with Crippen LogP contribution in [0.1, 0.15) is 49.7 Å². The van der Waals surface area contributed by atoms with Crippen LogP contribution in [0.25, 0.3) is 0 Å². The summed E-state index contributed by atoms with van der Waals surface area (Å²) < 4.78 is 10.5. The summed E-state index contributed by atoms with van der Waals surface area (Å²) >= 11 is 0. The SMILES string of the molecule is CCOC(=O)C1=C(C)NC2=C(C(=O)C[C@H](c3ccc(OC)cc3)C2)[C@@H]1c1cccc([N+](=O)[O-])c1. The van der Waals surface area contributed by atoms with E-state index in [-0.39, 0.29) is 30.4 Å². The Morgan fingerprint density at radius 3 is 2.53 bits per heavy atom. The highest BCUT2D eigenvalue weighted by Crippen LogP contribution is 2.46. The Hall–Kier alpha value is -3.94. The van der Waals surface area contributed by atoms with Gasteiger partial charge in [-0.3, -0.25) is 14.9 Å². The minimum Gasteiger partial charge on any atom is -0.497 e. The van der Waals surface area contributed by atoms with Crippen LogP contribution in [0.4, 0.5) is 5.69 Å². The van der Waals surface area contributed by atoms with Crippen LogP contribution in [0.15, 0.2) is 71.1 Å². The molecule has 8 heteroatoms. The van der Waals surface area contributed by atoms with Gasteiger partial charge in [0.2, 0.25) is 0 Å². The van der Waals surface area contributed by atoms with Crippen molar-refractivity contribution in [2.45, 2.75) is 38.5 Å². The molecule has 0 unspecified atom stereocenters. The highest BCUT2D eigenvalue weighted by molar-refractivity contribution is 6.04. The number of carbonyl (C=O) groups excluding carboxylic acids is 2. The number of ketones is 1. The van der Waals surface area contributed by atoms with E-state index in [1.54, 1.807) is 33.1 Å². The van der Waals surface area contributed by atoms with Gasteiger partial charge in [-0.1, -0.05) is 24.3 Å². The molecule has 2 atom stereocenters. The zero-order chi connectivity index (χ0) is 24.4. The van der Waals surface area contributed by atoms with Crippen molar-refractivity contribution < 1.29 is 24.0 Å². The summed E-state index contributed by atoms with van der Waals surface area (Å²) in [7, 11) is 1.60. The standard InChI is InChI=1S/C26H26N2O6/c1-4-34-26(30)23-15(2)27-21-13-18(16-8-10-20(33-3)11-9-16)14-22(29)25(21)24(23)17-6-5-7-19(12-17)28(31)32/h5-12,18,24,27H,4,13-14H2,1-3H3/t18-,24-/m1/s1. The van der Waals surface area contributed by atoms with E-state index >= 15 is 0 Å². The van der Waals surface area contributed by atoms with Crippen LogP contribution in [0, 0.1) is 10.1 Å². The van der Waals surface area contributed by atoms with Gasteiger partial charge in [0.1, 0.15) is 5.75 Å². The number of hydrogen-bond acceptors (Lipinski definition) is 7. The van der Waals surface area contributed by atoms with E-state index in [0.717, 1.165) is 17.0 Å². The number of rotatable bonds is 6. The second-order valence-electron chi connectivity index (χ2n) is 8.36. The topological polar surface area (TPSA) is 108 Å². The molecule has 2 aliphatic rings. The lowest BCUT2D eigenvalue weighted by Crippen LogP contribution is -2.36. The number of ether oxygens (including phenoxy) is 2. The summed E-state index contributed by atoms with van der Waals surface area (Å²) in [6.45, 7) is 3.65. The highest BCUT2D eigenvalue weighted by Gasteiger charge is 2.41. The normalized spacial score (nSPS) is 19.9. The molecule has 1 N–H and O–H groups in total. The molecule has 0 aromatic heterocycles. The molecule has 34 heavy (non-hydrogen) atoms. The van der Waals surface area contributed by atoms with E-state index in [2.05, 4.69) is 5.32 Å². The van der Waals surface area contributed by atoms with Gasteiger partial charge in [-0.05, 0) is 49.4 Å². The summed E-state index contributed by atoms with van der Waals surface area (Å²) in [6.07, 6.45) is 0.847. The van der Waals surface area contributed by atoms with Crippen molar-refractivity contribution >= 4 is 17.4 Å². The fourth-order valence-electron chi connectivity index (χ4n) is 4.78. The lowest BCUT2D eigenvalue weighted by atomic mass is 9.71. The fourth-order valence-corrected chi connectivity index (χ4v) is 4.78. The van der Waals surface area contributed by atoms with Gasteiger partial charge in [-0.2, -0.15) is 0 Å².